The SMILES string of the molecule is CCN(CCCNC(=O)c1cnn(-c2ccccn2)c1C(C)C)c1ccccc1. The number of anilines is 1. The first-order chi connectivity index (χ1) is 14.1. The van der Waals surface area contributed by atoms with Crippen molar-refractivity contribution in [3.05, 3.63) is 72.2 Å². The summed E-state index contributed by atoms with van der Waals surface area (Å²) in [6, 6.07) is 16.0. The molecule has 2 aromatic heterocycles. The number of hydrogen-bond acceptors (Lipinski definition) is 4. The maximum atomic E-state index is 12.8. The highest BCUT2D eigenvalue weighted by Crippen LogP contribution is 2.22. The van der Waals surface area contributed by atoms with Gasteiger partial charge in [-0.2, -0.15) is 5.10 Å². The molecule has 0 radical (unpaired) electrons. The molecule has 0 fully saturated rings. The molecule has 3 aromatic rings. The molecule has 0 unspecified atom stereocenters. The van der Waals surface area contributed by atoms with Gasteiger partial charge in [-0.25, -0.2) is 9.67 Å². The number of nitrogens with zero attached hydrogens (tertiary/aromatic N) is 4. The molecule has 0 bridgehead atoms. The van der Waals surface area contributed by atoms with E-state index in [1.54, 1.807) is 17.1 Å². The van der Waals surface area contributed by atoms with Crippen molar-refractivity contribution in [2.24, 2.45) is 0 Å². The third-order valence-corrected chi connectivity index (χ3v) is 4.86. The summed E-state index contributed by atoms with van der Waals surface area (Å²) in [7, 11) is 0. The number of nitrogens with one attached hydrogen (secondary N) is 1. The number of benzene rings is 1. The Morgan fingerprint density at radius 2 is 1.90 bits per heavy atom. The van der Waals surface area contributed by atoms with E-state index in [9.17, 15) is 4.79 Å². The van der Waals surface area contributed by atoms with Crippen LogP contribution >= 0.6 is 0 Å². The van der Waals surface area contributed by atoms with Gasteiger partial charge in [-0.3, -0.25) is 4.79 Å². The minimum Gasteiger partial charge on any atom is -0.372 e. The Balaban J connectivity index is 1.62. The van der Waals surface area contributed by atoms with E-state index in [1.165, 1.54) is 5.69 Å². The van der Waals surface area contributed by atoms with Gasteiger partial charge in [-0.1, -0.05) is 38.1 Å². The topological polar surface area (TPSA) is 63.1 Å². The Morgan fingerprint density at radius 1 is 1.14 bits per heavy atom. The Labute approximate surface area is 172 Å². The second kappa shape index (κ2) is 9.87. The Morgan fingerprint density at radius 3 is 2.55 bits per heavy atom. The first-order valence-electron chi connectivity index (χ1n) is 10.2. The average Bonchev–Trinajstić information content (AvgIpc) is 3.20. The minimum atomic E-state index is -0.0846. The van der Waals surface area contributed by atoms with E-state index in [0.717, 1.165) is 31.0 Å². The molecule has 1 aromatic carbocycles. The summed E-state index contributed by atoms with van der Waals surface area (Å²) in [6.07, 6.45) is 4.24. The fraction of sp³-hybridized carbons (Fsp3) is 0.348. The number of amides is 1. The van der Waals surface area contributed by atoms with E-state index in [4.69, 9.17) is 0 Å². The zero-order valence-electron chi connectivity index (χ0n) is 17.4. The van der Waals surface area contributed by atoms with E-state index in [-0.39, 0.29) is 11.8 Å². The van der Waals surface area contributed by atoms with Crippen molar-refractivity contribution in [3.8, 4) is 5.82 Å². The number of carbonyl (C=O) groups excluding carboxylic acids is 1. The van der Waals surface area contributed by atoms with E-state index < -0.39 is 0 Å². The van der Waals surface area contributed by atoms with E-state index in [1.807, 2.05) is 36.4 Å². The molecule has 2 heterocycles. The molecule has 6 nitrogen and oxygen atoms in total. The standard InChI is InChI=1S/C23H29N5O/c1-4-27(19-11-6-5-7-12-19)16-10-15-25-23(29)20-17-26-28(22(20)18(2)3)21-13-8-9-14-24-21/h5-9,11-14,17-18H,4,10,15-16H2,1-3H3,(H,25,29). The van der Waals surface area contributed by atoms with Gasteiger partial charge in [0.25, 0.3) is 5.91 Å². The number of para-hydroxylation sites is 1. The van der Waals surface area contributed by atoms with Crippen LogP contribution in [-0.2, 0) is 0 Å². The Bertz CT molecular complexity index is 906. The summed E-state index contributed by atoms with van der Waals surface area (Å²) in [5, 5.41) is 7.47. The van der Waals surface area contributed by atoms with Crippen LogP contribution in [0.1, 0.15) is 49.2 Å². The van der Waals surface area contributed by atoms with Gasteiger partial charge in [0.15, 0.2) is 5.82 Å². The van der Waals surface area contributed by atoms with Gasteiger partial charge in [0.1, 0.15) is 0 Å². The van der Waals surface area contributed by atoms with Crippen molar-refractivity contribution in [2.45, 2.75) is 33.1 Å². The monoisotopic (exact) mass is 391 g/mol. The average molecular weight is 392 g/mol. The van der Waals surface area contributed by atoms with Crippen molar-refractivity contribution >= 4 is 11.6 Å². The minimum absolute atomic E-state index is 0.0846. The van der Waals surface area contributed by atoms with Gasteiger partial charge in [0.05, 0.1) is 17.5 Å². The molecule has 0 saturated heterocycles. The molecule has 3 rings (SSSR count). The molecule has 6 heteroatoms. The molecule has 0 aliphatic rings. The maximum absolute atomic E-state index is 12.8. The summed E-state index contributed by atoms with van der Waals surface area (Å²) in [5.74, 6) is 0.782. The van der Waals surface area contributed by atoms with Crippen molar-refractivity contribution in [2.75, 3.05) is 24.5 Å². The van der Waals surface area contributed by atoms with Crippen LogP contribution in [-0.4, -0.2) is 40.3 Å². The zero-order valence-corrected chi connectivity index (χ0v) is 17.4. The molecule has 152 valence electrons. The second-order valence-corrected chi connectivity index (χ2v) is 7.22. The third kappa shape index (κ3) is 5.02. The van der Waals surface area contributed by atoms with Crippen LogP contribution in [0.25, 0.3) is 5.82 Å². The van der Waals surface area contributed by atoms with Gasteiger partial charge in [0, 0.05) is 31.5 Å². The van der Waals surface area contributed by atoms with Crippen LogP contribution < -0.4 is 10.2 Å². The molecule has 0 atom stereocenters. The fourth-order valence-corrected chi connectivity index (χ4v) is 3.43. The van der Waals surface area contributed by atoms with Crippen LogP contribution in [0, 0.1) is 0 Å². The molecular formula is C23H29N5O. The van der Waals surface area contributed by atoms with Crippen molar-refractivity contribution in [1.82, 2.24) is 20.1 Å². The molecule has 0 saturated carbocycles. The van der Waals surface area contributed by atoms with Crippen molar-refractivity contribution < 1.29 is 4.79 Å². The number of hydrogen-bond donors (Lipinski definition) is 1. The quantitative estimate of drug-likeness (QED) is 0.559. The highest BCUT2D eigenvalue weighted by molar-refractivity contribution is 5.95. The summed E-state index contributed by atoms with van der Waals surface area (Å²) in [4.78, 5) is 19.5. The Kier molecular flexibility index (Phi) is 7.00. The maximum Gasteiger partial charge on any atom is 0.254 e. The van der Waals surface area contributed by atoms with Gasteiger partial charge < -0.3 is 10.2 Å². The molecule has 0 aliphatic heterocycles. The van der Waals surface area contributed by atoms with E-state index in [0.29, 0.717) is 12.1 Å². The van der Waals surface area contributed by atoms with Crippen molar-refractivity contribution in [3.63, 3.8) is 0 Å². The third-order valence-electron chi connectivity index (χ3n) is 4.86. The smallest absolute Gasteiger partial charge is 0.254 e. The molecule has 0 spiro atoms. The van der Waals surface area contributed by atoms with Crippen LogP contribution in [0.3, 0.4) is 0 Å². The molecular weight excluding hydrogens is 362 g/mol. The van der Waals surface area contributed by atoms with Crippen LogP contribution in [0.2, 0.25) is 0 Å². The second-order valence-electron chi connectivity index (χ2n) is 7.22. The van der Waals surface area contributed by atoms with E-state index in [2.05, 4.69) is 53.2 Å². The summed E-state index contributed by atoms with van der Waals surface area (Å²) in [6.45, 7) is 8.72. The lowest BCUT2D eigenvalue weighted by atomic mass is 10.1. The van der Waals surface area contributed by atoms with Crippen LogP contribution in [0.5, 0.6) is 0 Å². The summed E-state index contributed by atoms with van der Waals surface area (Å²) >= 11 is 0. The molecule has 0 aliphatic carbocycles. The van der Waals surface area contributed by atoms with Crippen LogP contribution in [0.15, 0.2) is 60.9 Å². The lowest BCUT2D eigenvalue weighted by Gasteiger charge is -2.23. The first-order valence-corrected chi connectivity index (χ1v) is 10.2. The van der Waals surface area contributed by atoms with Gasteiger partial charge >= 0.3 is 0 Å². The first kappa shape index (κ1) is 20.6. The lowest BCUT2D eigenvalue weighted by Crippen LogP contribution is -2.30. The lowest BCUT2D eigenvalue weighted by molar-refractivity contribution is 0.0952. The molecule has 29 heavy (non-hydrogen) atoms. The number of rotatable bonds is 9. The van der Waals surface area contributed by atoms with Gasteiger partial charge in [0.2, 0.25) is 0 Å². The van der Waals surface area contributed by atoms with Crippen molar-refractivity contribution in [1.29, 1.82) is 0 Å². The van der Waals surface area contributed by atoms with Gasteiger partial charge in [-0.05, 0) is 43.5 Å². The van der Waals surface area contributed by atoms with E-state index >= 15 is 0 Å². The summed E-state index contributed by atoms with van der Waals surface area (Å²) in [5.41, 5.74) is 2.70. The van der Waals surface area contributed by atoms with Crippen LogP contribution in [0.4, 0.5) is 5.69 Å². The Hall–Kier alpha value is -3.15. The summed E-state index contributed by atoms with van der Waals surface area (Å²) < 4.78 is 1.76. The highest BCUT2D eigenvalue weighted by Gasteiger charge is 2.21. The predicted molar refractivity (Wildman–Crippen MR) is 117 cm³/mol. The number of pyridine rings is 1. The fourth-order valence-electron chi connectivity index (χ4n) is 3.43. The molecule has 1 amide bonds. The van der Waals surface area contributed by atoms with Gasteiger partial charge in [-0.15, -0.1) is 0 Å². The normalized spacial score (nSPS) is 10.9. The zero-order chi connectivity index (χ0) is 20.6. The number of carbonyl (C=O) groups is 1. The number of aromatic nitrogens is 3. The molecule has 1 N–H and O–H groups in total. The largest absolute Gasteiger partial charge is 0.372 e. The predicted octanol–water partition coefficient (Wildman–Crippen LogP) is 4.04. The highest BCUT2D eigenvalue weighted by atomic mass is 16.1.